The van der Waals surface area contributed by atoms with Crippen molar-refractivity contribution >= 4 is 54.9 Å². The fraction of sp³-hybridized carbons (Fsp3) is 0. The number of amides is 2. The summed E-state index contributed by atoms with van der Waals surface area (Å²) in [7, 11) is -3.91. The SMILES string of the molecule is NC(=O)NS(=O)(=O)c1sc(Cl)cc1Br. The van der Waals surface area contributed by atoms with Crippen LogP contribution in [0.15, 0.2) is 14.7 Å². The number of primary amides is 1. The second kappa shape index (κ2) is 4.05. The molecule has 3 N–H and O–H groups in total. The molecule has 2 amide bonds. The molecule has 0 aliphatic rings. The zero-order chi connectivity index (χ0) is 10.9. The molecule has 0 aliphatic carbocycles. The van der Waals surface area contributed by atoms with Gasteiger partial charge in [0.2, 0.25) is 0 Å². The highest BCUT2D eigenvalue weighted by Crippen LogP contribution is 2.34. The average Bonchev–Trinajstić information content (AvgIpc) is 2.27. The van der Waals surface area contributed by atoms with E-state index in [-0.39, 0.29) is 4.21 Å². The van der Waals surface area contributed by atoms with Crippen LogP contribution in [0, 0.1) is 0 Å². The third-order valence-corrected chi connectivity index (χ3v) is 5.40. The van der Waals surface area contributed by atoms with Crippen LogP contribution in [-0.4, -0.2) is 14.4 Å². The summed E-state index contributed by atoms with van der Waals surface area (Å²) in [4.78, 5) is 10.4. The fourth-order valence-corrected chi connectivity index (χ4v) is 4.58. The molecule has 0 unspecified atom stereocenters. The molecule has 0 radical (unpaired) electrons. The number of nitrogens with two attached hydrogens (primary N) is 1. The number of urea groups is 1. The van der Waals surface area contributed by atoms with E-state index in [1.807, 2.05) is 0 Å². The first-order valence-corrected chi connectivity index (χ1v) is 6.57. The standard InChI is InChI=1S/C5H4BrClN2O3S2/c6-2-1-3(7)13-4(2)14(11,12)9-5(8)10/h1H,(H3,8,9,10). The van der Waals surface area contributed by atoms with Crippen LogP contribution in [0.1, 0.15) is 0 Å². The molecule has 1 aromatic rings. The first-order valence-electron chi connectivity index (χ1n) is 3.10. The fourth-order valence-electron chi connectivity index (χ4n) is 0.687. The van der Waals surface area contributed by atoms with Gasteiger partial charge in [-0.25, -0.2) is 17.9 Å². The Morgan fingerprint density at radius 2 is 2.21 bits per heavy atom. The van der Waals surface area contributed by atoms with E-state index >= 15 is 0 Å². The quantitative estimate of drug-likeness (QED) is 0.866. The average molecular weight is 320 g/mol. The Bertz CT molecular complexity index is 469. The summed E-state index contributed by atoms with van der Waals surface area (Å²) in [6, 6.07) is 0.281. The number of thiophene rings is 1. The highest BCUT2D eigenvalue weighted by Gasteiger charge is 2.22. The molecule has 78 valence electrons. The molecule has 0 spiro atoms. The summed E-state index contributed by atoms with van der Waals surface area (Å²) in [6.07, 6.45) is 0. The van der Waals surface area contributed by atoms with Gasteiger partial charge in [-0.15, -0.1) is 11.3 Å². The van der Waals surface area contributed by atoms with Crippen molar-refractivity contribution in [1.82, 2.24) is 4.72 Å². The van der Waals surface area contributed by atoms with Gasteiger partial charge in [0.1, 0.15) is 0 Å². The van der Waals surface area contributed by atoms with Gasteiger partial charge in [-0.05, 0) is 22.0 Å². The van der Waals surface area contributed by atoms with Gasteiger partial charge in [0.05, 0.1) is 8.81 Å². The van der Waals surface area contributed by atoms with Crippen molar-refractivity contribution in [2.75, 3.05) is 0 Å². The molecular formula is C5H4BrClN2O3S2. The number of carbonyl (C=O) groups is 1. The minimum Gasteiger partial charge on any atom is -0.351 e. The van der Waals surface area contributed by atoms with Crippen LogP contribution in [0.5, 0.6) is 0 Å². The van der Waals surface area contributed by atoms with Crippen molar-refractivity contribution in [2.45, 2.75) is 4.21 Å². The van der Waals surface area contributed by atoms with Gasteiger partial charge in [-0.1, -0.05) is 11.6 Å². The van der Waals surface area contributed by atoms with Crippen LogP contribution in [-0.2, 0) is 10.0 Å². The predicted molar refractivity (Wildman–Crippen MR) is 56.9 cm³/mol. The Labute approximate surface area is 97.4 Å². The Morgan fingerprint density at radius 1 is 1.64 bits per heavy atom. The van der Waals surface area contributed by atoms with Gasteiger partial charge >= 0.3 is 6.03 Å². The smallest absolute Gasteiger partial charge is 0.326 e. The molecule has 0 fully saturated rings. The number of hydrogen-bond acceptors (Lipinski definition) is 4. The molecular weight excluding hydrogens is 316 g/mol. The zero-order valence-corrected chi connectivity index (χ0v) is 10.4. The zero-order valence-electron chi connectivity index (χ0n) is 6.45. The van der Waals surface area contributed by atoms with Crippen LogP contribution in [0.4, 0.5) is 4.79 Å². The van der Waals surface area contributed by atoms with Gasteiger partial charge < -0.3 is 5.73 Å². The lowest BCUT2D eigenvalue weighted by Crippen LogP contribution is -2.34. The van der Waals surface area contributed by atoms with Crippen molar-refractivity contribution in [1.29, 1.82) is 0 Å². The van der Waals surface area contributed by atoms with E-state index in [9.17, 15) is 13.2 Å². The van der Waals surface area contributed by atoms with E-state index in [1.54, 1.807) is 4.72 Å². The number of rotatable bonds is 2. The maximum Gasteiger partial charge on any atom is 0.326 e. The van der Waals surface area contributed by atoms with Crippen molar-refractivity contribution in [3.8, 4) is 0 Å². The van der Waals surface area contributed by atoms with Gasteiger partial charge in [0, 0.05) is 0 Å². The third kappa shape index (κ3) is 2.59. The number of nitrogens with one attached hydrogen (secondary N) is 1. The van der Waals surface area contributed by atoms with E-state index < -0.39 is 16.1 Å². The number of carbonyl (C=O) groups excluding carboxylic acids is 1. The molecule has 0 saturated carbocycles. The Balaban J connectivity index is 3.16. The molecule has 1 rings (SSSR count). The van der Waals surface area contributed by atoms with Crippen LogP contribution < -0.4 is 10.5 Å². The Hall–Kier alpha value is -0.310. The summed E-state index contributed by atoms with van der Waals surface area (Å²) in [6.45, 7) is 0. The largest absolute Gasteiger partial charge is 0.351 e. The summed E-state index contributed by atoms with van der Waals surface area (Å²) < 4.78 is 24.9. The minimum atomic E-state index is -3.91. The van der Waals surface area contributed by atoms with Crippen LogP contribution in [0.25, 0.3) is 0 Å². The lowest BCUT2D eigenvalue weighted by atomic mass is 10.7. The van der Waals surface area contributed by atoms with E-state index in [2.05, 4.69) is 15.9 Å². The molecule has 0 atom stereocenters. The summed E-state index contributed by atoms with van der Waals surface area (Å²) in [5.41, 5.74) is 4.70. The first-order chi connectivity index (χ1) is 6.33. The summed E-state index contributed by atoms with van der Waals surface area (Å²) in [5.74, 6) is 0. The predicted octanol–water partition coefficient (Wildman–Crippen LogP) is 1.52. The molecule has 0 saturated heterocycles. The van der Waals surface area contributed by atoms with Crippen LogP contribution in [0.2, 0.25) is 4.34 Å². The molecule has 14 heavy (non-hydrogen) atoms. The maximum atomic E-state index is 11.4. The Morgan fingerprint density at radius 3 is 2.57 bits per heavy atom. The number of hydrogen-bond donors (Lipinski definition) is 2. The maximum absolute atomic E-state index is 11.4. The van der Waals surface area contributed by atoms with E-state index in [1.165, 1.54) is 6.07 Å². The summed E-state index contributed by atoms with van der Waals surface area (Å²) in [5, 5.41) is 0. The molecule has 9 heteroatoms. The van der Waals surface area contributed by atoms with Crippen molar-refractivity contribution in [2.24, 2.45) is 5.73 Å². The van der Waals surface area contributed by atoms with Gasteiger partial charge in [0.15, 0.2) is 4.21 Å². The second-order valence-electron chi connectivity index (χ2n) is 2.16. The topological polar surface area (TPSA) is 89.3 Å². The monoisotopic (exact) mass is 318 g/mol. The van der Waals surface area contributed by atoms with Gasteiger partial charge in [0.25, 0.3) is 10.0 Å². The van der Waals surface area contributed by atoms with E-state index in [0.717, 1.165) is 11.3 Å². The minimum absolute atomic E-state index is 0.0821. The lowest BCUT2D eigenvalue weighted by molar-refractivity contribution is 0.253. The first kappa shape index (κ1) is 11.8. The van der Waals surface area contributed by atoms with E-state index in [0.29, 0.717) is 8.81 Å². The van der Waals surface area contributed by atoms with Gasteiger partial charge in [-0.3, -0.25) is 0 Å². The van der Waals surface area contributed by atoms with Crippen molar-refractivity contribution < 1.29 is 13.2 Å². The number of sulfonamides is 1. The van der Waals surface area contributed by atoms with Crippen molar-refractivity contribution in [3.05, 3.63) is 14.9 Å². The van der Waals surface area contributed by atoms with Crippen LogP contribution in [0.3, 0.4) is 0 Å². The van der Waals surface area contributed by atoms with Gasteiger partial charge in [-0.2, -0.15) is 0 Å². The molecule has 0 aromatic carbocycles. The molecule has 5 nitrogen and oxygen atoms in total. The lowest BCUT2D eigenvalue weighted by Gasteiger charge is -2.00. The third-order valence-electron chi connectivity index (χ3n) is 1.10. The van der Waals surface area contributed by atoms with E-state index in [4.69, 9.17) is 17.3 Å². The molecule has 0 bridgehead atoms. The highest BCUT2D eigenvalue weighted by atomic mass is 79.9. The van der Waals surface area contributed by atoms with Crippen LogP contribution >= 0.6 is 38.9 Å². The normalized spacial score (nSPS) is 11.3. The highest BCUT2D eigenvalue weighted by molar-refractivity contribution is 9.10. The summed E-state index contributed by atoms with van der Waals surface area (Å²) >= 11 is 9.41. The molecule has 1 heterocycles. The molecule has 1 aromatic heterocycles. The van der Waals surface area contributed by atoms with Crippen molar-refractivity contribution in [3.63, 3.8) is 0 Å². The second-order valence-corrected chi connectivity index (χ2v) is 6.57. The molecule has 0 aliphatic heterocycles. The Kier molecular flexibility index (Phi) is 3.40. The number of halogens is 2.